The Morgan fingerprint density at radius 1 is 1.41 bits per heavy atom. The Bertz CT molecular complexity index is 610. The quantitative estimate of drug-likeness (QED) is 0.820. The molecule has 0 saturated carbocycles. The van der Waals surface area contributed by atoms with Crippen LogP contribution in [0.2, 0.25) is 5.02 Å². The number of nitrogens with one attached hydrogen (secondary N) is 1. The Labute approximate surface area is 134 Å². The fourth-order valence-electron chi connectivity index (χ4n) is 2.09. The molecule has 0 radical (unpaired) electrons. The molecule has 22 heavy (non-hydrogen) atoms. The van der Waals surface area contributed by atoms with Crippen LogP contribution in [0, 0.1) is 0 Å². The van der Waals surface area contributed by atoms with Crippen molar-refractivity contribution < 1.29 is 9.32 Å². The van der Waals surface area contributed by atoms with E-state index in [1.54, 1.807) is 18.2 Å². The van der Waals surface area contributed by atoms with Crippen LogP contribution in [0.3, 0.4) is 0 Å². The first-order chi connectivity index (χ1) is 10.6. The molecule has 0 saturated heterocycles. The predicted molar refractivity (Wildman–Crippen MR) is 86.8 cm³/mol. The van der Waals surface area contributed by atoms with E-state index in [2.05, 4.69) is 17.4 Å². The lowest BCUT2D eigenvalue weighted by Gasteiger charge is -2.15. The number of nitrogens with two attached hydrogens (primary N) is 1. The summed E-state index contributed by atoms with van der Waals surface area (Å²) in [5.74, 6) is 0.259. The van der Waals surface area contributed by atoms with Gasteiger partial charge in [0.1, 0.15) is 0 Å². The van der Waals surface area contributed by atoms with Gasteiger partial charge < -0.3 is 15.6 Å². The van der Waals surface area contributed by atoms with Gasteiger partial charge in [0.25, 0.3) is 5.91 Å². The summed E-state index contributed by atoms with van der Waals surface area (Å²) < 4.78 is 5.22. The zero-order valence-electron chi connectivity index (χ0n) is 12.5. The number of aromatic nitrogens is 1. The number of carbonyl (C=O) groups is 1. The molecular weight excluding hydrogens is 302 g/mol. The number of nitrogens with zero attached hydrogens (tertiary/aromatic N) is 1. The van der Waals surface area contributed by atoms with E-state index in [0.717, 1.165) is 24.8 Å². The van der Waals surface area contributed by atoms with Crippen molar-refractivity contribution in [2.75, 3.05) is 6.54 Å². The van der Waals surface area contributed by atoms with Crippen molar-refractivity contribution in [2.45, 2.75) is 32.2 Å². The summed E-state index contributed by atoms with van der Waals surface area (Å²) in [6.45, 7) is 2.51. The number of hydrogen-bond donors (Lipinski definition) is 2. The molecule has 1 aromatic carbocycles. The fourth-order valence-corrected chi connectivity index (χ4v) is 2.22. The van der Waals surface area contributed by atoms with Crippen LogP contribution in [0.1, 0.15) is 36.7 Å². The Hall–Kier alpha value is -1.85. The van der Waals surface area contributed by atoms with Crippen LogP contribution in [-0.4, -0.2) is 23.7 Å². The van der Waals surface area contributed by atoms with Crippen LogP contribution in [0.4, 0.5) is 0 Å². The number of hydrogen-bond acceptors (Lipinski definition) is 4. The van der Waals surface area contributed by atoms with E-state index < -0.39 is 0 Å². The van der Waals surface area contributed by atoms with Crippen LogP contribution in [0.15, 0.2) is 34.9 Å². The van der Waals surface area contributed by atoms with E-state index in [1.165, 1.54) is 0 Å². The van der Waals surface area contributed by atoms with Crippen LogP contribution in [0.25, 0.3) is 11.3 Å². The number of benzene rings is 1. The molecule has 0 fully saturated rings. The van der Waals surface area contributed by atoms with E-state index >= 15 is 0 Å². The summed E-state index contributed by atoms with van der Waals surface area (Å²) in [5.41, 5.74) is 6.75. The lowest BCUT2D eigenvalue weighted by atomic mass is 10.1. The Morgan fingerprint density at radius 2 is 2.14 bits per heavy atom. The molecule has 5 nitrogen and oxygen atoms in total. The first-order valence-electron chi connectivity index (χ1n) is 7.37. The molecule has 0 bridgehead atoms. The summed E-state index contributed by atoms with van der Waals surface area (Å²) in [5, 5.41) is 7.35. The zero-order chi connectivity index (χ0) is 15.9. The smallest absolute Gasteiger partial charge is 0.273 e. The summed E-state index contributed by atoms with van der Waals surface area (Å²) >= 11 is 5.85. The Balaban J connectivity index is 2.03. The maximum Gasteiger partial charge on any atom is 0.273 e. The van der Waals surface area contributed by atoms with Gasteiger partial charge in [-0.1, -0.05) is 36.5 Å². The van der Waals surface area contributed by atoms with E-state index in [9.17, 15) is 4.79 Å². The van der Waals surface area contributed by atoms with E-state index in [-0.39, 0.29) is 17.6 Å². The molecule has 1 atom stereocenters. The second-order valence-electron chi connectivity index (χ2n) is 5.13. The first kappa shape index (κ1) is 16.5. The molecule has 0 aliphatic carbocycles. The first-order valence-corrected chi connectivity index (χ1v) is 7.75. The average Bonchev–Trinajstić information content (AvgIpc) is 3.02. The lowest BCUT2D eigenvalue weighted by molar-refractivity contribution is 0.0926. The second-order valence-corrected chi connectivity index (χ2v) is 5.57. The highest BCUT2D eigenvalue weighted by molar-refractivity contribution is 6.30. The minimum Gasteiger partial charge on any atom is -0.355 e. The van der Waals surface area contributed by atoms with Crippen molar-refractivity contribution in [2.24, 2.45) is 5.73 Å². The highest BCUT2D eigenvalue weighted by Crippen LogP contribution is 2.22. The summed E-state index contributed by atoms with van der Waals surface area (Å²) in [7, 11) is 0. The van der Waals surface area contributed by atoms with Crippen LogP contribution in [-0.2, 0) is 0 Å². The second kappa shape index (κ2) is 7.96. The topological polar surface area (TPSA) is 81.1 Å². The van der Waals surface area contributed by atoms with Gasteiger partial charge in [-0.25, -0.2) is 0 Å². The van der Waals surface area contributed by atoms with Crippen molar-refractivity contribution in [3.8, 4) is 11.3 Å². The molecule has 1 amide bonds. The third-order valence-electron chi connectivity index (χ3n) is 3.40. The third-order valence-corrected chi connectivity index (χ3v) is 3.65. The van der Waals surface area contributed by atoms with E-state index in [1.807, 2.05) is 12.1 Å². The molecule has 118 valence electrons. The monoisotopic (exact) mass is 321 g/mol. The van der Waals surface area contributed by atoms with Crippen molar-refractivity contribution >= 4 is 17.5 Å². The number of unbranched alkanes of at least 4 members (excludes halogenated alkanes) is 1. The van der Waals surface area contributed by atoms with E-state index in [0.29, 0.717) is 17.3 Å². The van der Waals surface area contributed by atoms with Crippen LogP contribution < -0.4 is 11.1 Å². The molecule has 1 unspecified atom stereocenters. The van der Waals surface area contributed by atoms with Gasteiger partial charge in [0, 0.05) is 29.2 Å². The minimum atomic E-state index is -0.268. The molecule has 3 N–H and O–H groups in total. The SMILES string of the molecule is CCCCC(CN)NC(=O)c1cc(-c2ccc(Cl)cc2)on1. The lowest BCUT2D eigenvalue weighted by Crippen LogP contribution is -2.40. The van der Waals surface area contributed by atoms with Gasteiger partial charge >= 0.3 is 0 Å². The third kappa shape index (κ3) is 4.32. The molecule has 2 aromatic rings. The molecule has 0 aliphatic heterocycles. The molecule has 1 heterocycles. The van der Waals surface area contributed by atoms with Crippen LogP contribution in [0.5, 0.6) is 0 Å². The number of halogens is 1. The standard InChI is InChI=1S/C16H20ClN3O2/c1-2-3-4-13(10-18)19-16(21)14-9-15(22-20-14)11-5-7-12(17)8-6-11/h5-9,13H,2-4,10,18H2,1H3,(H,19,21). The van der Waals surface area contributed by atoms with Crippen molar-refractivity contribution in [3.63, 3.8) is 0 Å². The largest absolute Gasteiger partial charge is 0.355 e. The number of amides is 1. The summed E-state index contributed by atoms with van der Waals surface area (Å²) in [6.07, 6.45) is 2.95. The Kier molecular flexibility index (Phi) is 5.98. The van der Waals surface area contributed by atoms with Gasteiger partial charge in [-0.05, 0) is 30.7 Å². The fraction of sp³-hybridized carbons (Fsp3) is 0.375. The van der Waals surface area contributed by atoms with Crippen molar-refractivity contribution in [3.05, 3.63) is 41.0 Å². The Morgan fingerprint density at radius 3 is 2.77 bits per heavy atom. The van der Waals surface area contributed by atoms with Gasteiger partial charge in [0.2, 0.25) is 0 Å². The molecule has 2 rings (SSSR count). The zero-order valence-corrected chi connectivity index (χ0v) is 13.3. The van der Waals surface area contributed by atoms with Gasteiger partial charge in [-0.3, -0.25) is 4.79 Å². The van der Waals surface area contributed by atoms with E-state index in [4.69, 9.17) is 21.9 Å². The number of rotatable bonds is 7. The van der Waals surface area contributed by atoms with Crippen LogP contribution >= 0.6 is 11.6 Å². The van der Waals surface area contributed by atoms with Gasteiger partial charge in [-0.2, -0.15) is 0 Å². The normalized spacial score (nSPS) is 12.1. The highest BCUT2D eigenvalue weighted by Gasteiger charge is 2.17. The average molecular weight is 322 g/mol. The summed E-state index contributed by atoms with van der Waals surface area (Å²) in [6, 6.07) is 8.72. The molecule has 0 spiro atoms. The number of carbonyl (C=O) groups excluding carboxylic acids is 1. The van der Waals surface area contributed by atoms with Gasteiger partial charge in [0.15, 0.2) is 11.5 Å². The molecule has 0 aliphatic rings. The molecular formula is C16H20ClN3O2. The molecule has 6 heteroatoms. The van der Waals surface area contributed by atoms with Crippen molar-refractivity contribution in [1.29, 1.82) is 0 Å². The maximum atomic E-state index is 12.2. The van der Waals surface area contributed by atoms with Crippen molar-refractivity contribution in [1.82, 2.24) is 10.5 Å². The molecule has 1 aromatic heterocycles. The summed E-state index contributed by atoms with van der Waals surface area (Å²) in [4.78, 5) is 12.2. The highest BCUT2D eigenvalue weighted by atomic mass is 35.5. The van der Waals surface area contributed by atoms with Gasteiger partial charge in [-0.15, -0.1) is 0 Å². The van der Waals surface area contributed by atoms with Gasteiger partial charge in [0.05, 0.1) is 0 Å². The maximum absolute atomic E-state index is 12.2. The predicted octanol–water partition coefficient (Wildman–Crippen LogP) is 3.24. The minimum absolute atomic E-state index is 0.0388.